The minimum absolute atomic E-state index is 0.0469. The fourth-order valence-electron chi connectivity index (χ4n) is 5.90. The van der Waals surface area contributed by atoms with E-state index in [1.165, 1.54) is 4.90 Å². The molecule has 3 amide bonds. The van der Waals surface area contributed by atoms with E-state index in [1.54, 1.807) is 25.1 Å². The molecular formula is C25H25N3O6. The van der Waals surface area contributed by atoms with Gasteiger partial charge in [-0.1, -0.05) is 18.2 Å². The summed E-state index contributed by atoms with van der Waals surface area (Å²) in [6.07, 6.45) is -0.947. The van der Waals surface area contributed by atoms with E-state index in [-0.39, 0.29) is 19.2 Å². The number of ether oxygens (including phenoxy) is 2. The SMILES string of the molecule is Cc1ccc2c(c1C)NC(=O)[C@@]21N[C@H]([C@@H](C)O)[C@H]2C(=O)N(Cc3ccc4c(c3)OCO4)C(=O)[C@@H]21. The van der Waals surface area contributed by atoms with Crippen LogP contribution in [0.3, 0.4) is 0 Å². The first-order chi connectivity index (χ1) is 16.2. The minimum Gasteiger partial charge on any atom is -0.454 e. The van der Waals surface area contributed by atoms with Crippen LogP contribution in [0.2, 0.25) is 0 Å². The summed E-state index contributed by atoms with van der Waals surface area (Å²) in [5.41, 5.74) is 2.52. The molecule has 6 rings (SSSR count). The van der Waals surface area contributed by atoms with E-state index in [1.807, 2.05) is 26.0 Å². The molecule has 176 valence electrons. The lowest BCUT2D eigenvalue weighted by molar-refractivity contribution is -0.143. The molecule has 2 aromatic carbocycles. The number of rotatable bonds is 3. The minimum atomic E-state index is -1.42. The zero-order chi connectivity index (χ0) is 23.9. The van der Waals surface area contributed by atoms with Crippen LogP contribution in [0.4, 0.5) is 5.69 Å². The summed E-state index contributed by atoms with van der Waals surface area (Å²) in [6.45, 7) is 5.61. The summed E-state index contributed by atoms with van der Waals surface area (Å²) < 4.78 is 10.8. The molecule has 34 heavy (non-hydrogen) atoms. The van der Waals surface area contributed by atoms with Gasteiger partial charge in [-0.3, -0.25) is 24.6 Å². The van der Waals surface area contributed by atoms with Crippen molar-refractivity contribution >= 4 is 23.4 Å². The molecule has 0 bridgehead atoms. The number of nitrogens with zero attached hydrogens (tertiary/aromatic N) is 1. The third-order valence-corrected chi connectivity index (χ3v) is 7.74. The highest BCUT2D eigenvalue weighted by atomic mass is 16.7. The van der Waals surface area contributed by atoms with Gasteiger partial charge in [0, 0.05) is 17.3 Å². The largest absolute Gasteiger partial charge is 0.454 e. The van der Waals surface area contributed by atoms with Gasteiger partial charge in [0.25, 0.3) is 0 Å². The number of carbonyl (C=O) groups is 3. The van der Waals surface area contributed by atoms with Crippen molar-refractivity contribution < 1.29 is 29.0 Å². The Morgan fingerprint density at radius 3 is 2.65 bits per heavy atom. The maximum atomic E-state index is 13.8. The van der Waals surface area contributed by atoms with Crippen molar-refractivity contribution in [2.75, 3.05) is 12.1 Å². The van der Waals surface area contributed by atoms with Gasteiger partial charge in [0.2, 0.25) is 24.5 Å². The number of nitrogens with one attached hydrogen (secondary N) is 2. The molecule has 4 aliphatic heterocycles. The summed E-state index contributed by atoms with van der Waals surface area (Å²) in [7, 11) is 0. The number of aliphatic hydroxyl groups excluding tert-OH is 1. The number of aryl methyl sites for hydroxylation is 1. The second-order valence-corrected chi connectivity index (χ2v) is 9.56. The van der Waals surface area contributed by atoms with Gasteiger partial charge in [0.15, 0.2) is 11.5 Å². The van der Waals surface area contributed by atoms with Crippen LogP contribution in [0.1, 0.15) is 29.2 Å². The smallest absolute Gasteiger partial charge is 0.250 e. The predicted octanol–water partition coefficient (Wildman–Crippen LogP) is 1.33. The standard InChI is InChI=1S/C25H25N3O6/c1-11-4-6-15-20(12(11)2)26-24(32)25(15)19-18(21(27-25)13(3)29)22(30)28(23(19)31)9-14-5-7-16-17(8-14)34-10-33-16/h4-8,13,18-19,21,27,29H,9-10H2,1-3H3,(H,26,32)/t13-,18+,19-,21-,25-/m1/s1. The van der Waals surface area contributed by atoms with Gasteiger partial charge >= 0.3 is 0 Å². The number of fused-ring (bicyclic) bond motifs is 5. The van der Waals surface area contributed by atoms with Crippen LogP contribution in [0.25, 0.3) is 0 Å². The first kappa shape index (κ1) is 21.1. The molecule has 2 saturated heterocycles. The van der Waals surface area contributed by atoms with Crippen LogP contribution in [0.5, 0.6) is 11.5 Å². The monoisotopic (exact) mass is 463 g/mol. The maximum absolute atomic E-state index is 13.8. The predicted molar refractivity (Wildman–Crippen MR) is 120 cm³/mol. The average Bonchev–Trinajstić information content (AvgIpc) is 3.53. The summed E-state index contributed by atoms with van der Waals surface area (Å²) in [4.78, 5) is 42.1. The molecular weight excluding hydrogens is 438 g/mol. The van der Waals surface area contributed by atoms with Crippen molar-refractivity contribution in [3.05, 3.63) is 52.6 Å². The zero-order valence-electron chi connectivity index (χ0n) is 19.0. The molecule has 0 aliphatic carbocycles. The highest BCUT2D eigenvalue weighted by Crippen LogP contribution is 2.54. The third-order valence-electron chi connectivity index (χ3n) is 7.74. The summed E-state index contributed by atoms with van der Waals surface area (Å²) >= 11 is 0. The number of likely N-dealkylation sites (tertiary alicyclic amines) is 1. The molecule has 2 aromatic rings. The van der Waals surface area contributed by atoms with Crippen molar-refractivity contribution in [3.8, 4) is 11.5 Å². The van der Waals surface area contributed by atoms with E-state index in [4.69, 9.17) is 9.47 Å². The first-order valence-corrected chi connectivity index (χ1v) is 11.4. The Morgan fingerprint density at radius 2 is 1.88 bits per heavy atom. The van der Waals surface area contributed by atoms with Gasteiger partial charge in [-0.2, -0.15) is 0 Å². The highest BCUT2D eigenvalue weighted by molar-refractivity contribution is 6.15. The molecule has 0 aromatic heterocycles. The van der Waals surface area contributed by atoms with Gasteiger partial charge in [0.1, 0.15) is 5.54 Å². The van der Waals surface area contributed by atoms with Crippen molar-refractivity contribution in [3.63, 3.8) is 0 Å². The van der Waals surface area contributed by atoms with E-state index in [9.17, 15) is 19.5 Å². The van der Waals surface area contributed by atoms with Crippen molar-refractivity contribution in [2.24, 2.45) is 11.8 Å². The van der Waals surface area contributed by atoms with E-state index in [2.05, 4.69) is 10.6 Å². The molecule has 1 spiro atoms. The molecule has 0 radical (unpaired) electrons. The van der Waals surface area contributed by atoms with Crippen LogP contribution >= 0.6 is 0 Å². The topological polar surface area (TPSA) is 117 Å². The molecule has 4 heterocycles. The van der Waals surface area contributed by atoms with E-state index in [0.29, 0.717) is 28.3 Å². The lowest BCUT2D eigenvalue weighted by Crippen LogP contribution is -2.54. The molecule has 0 unspecified atom stereocenters. The number of imide groups is 1. The van der Waals surface area contributed by atoms with E-state index in [0.717, 1.165) is 11.1 Å². The second-order valence-electron chi connectivity index (χ2n) is 9.56. The zero-order valence-corrected chi connectivity index (χ0v) is 19.0. The Hall–Kier alpha value is -3.43. The second kappa shape index (κ2) is 7.04. The number of anilines is 1. The van der Waals surface area contributed by atoms with Gasteiger partial charge in [-0.05, 0) is 49.6 Å². The molecule has 5 atom stereocenters. The lowest BCUT2D eigenvalue weighted by Gasteiger charge is -2.30. The van der Waals surface area contributed by atoms with Crippen LogP contribution in [-0.2, 0) is 26.5 Å². The Morgan fingerprint density at radius 1 is 1.12 bits per heavy atom. The van der Waals surface area contributed by atoms with Crippen molar-refractivity contribution in [1.82, 2.24) is 10.2 Å². The number of carbonyl (C=O) groups excluding carboxylic acids is 3. The fraction of sp³-hybridized carbons (Fsp3) is 0.400. The molecule has 4 aliphatic rings. The number of benzene rings is 2. The summed E-state index contributed by atoms with van der Waals surface area (Å²) in [5.74, 6) is -1.84. The van der Waals surface area contributed by atoms with Crippen LogP contribution < -0.4 is 20.1 Å². The van der Waals surface area contributed by atoms with Crippen LogP contribution in [-0.4, -0.2) is 46.7 Å². The summed E-state index contributed by atoms with van der Waals surface area (Å²) in [6, 6.07) is 8.28. The fourth-order valence-corrected chi connectivity index (χ4v) is 5.90. The molecule has 3 N–H and O–H groups in total. The van der Waals surface area contributed by atoms with Gasteiger partial charge < -0.3 is 19.9 Å². The number of hydrogen-bond acceptors (Lipinski definition) is 7. The Bertz CT molecular complexity index is 1270. The Kier molecular flexibility index (Phi) is 4.37. The lowest BCUT2D eigenvalue weighted by atomic mass is 9.76. The Labute approximate surface area is 196 Å². The van der Waals surface area contributed by atoms with Crippen LogP contribution in [0, 0.1) is 25.7 Å². The normalized spacial score (nSPS) is 29.6. The van der Waals surface area contributed by atoms with Gasteiger partial charge in [-0.25, -0.2) is 0 Å². The average molecular weight is 463 g/mol. The molecule has 2 fully saturated rings. The first-order valence-electron chi connectivity index (χ1n) is 11.4. The third kappa shape index (κ3) is 2.59. The molecule has 9 heteroatoms. The number of hydrogen-bond donors (Lipinski definition) is 3. The number of amides is 3. The van der Waals surface area contributed by atoms with E-state index >= 15 is 0 Å². The van der Waals surface area contributed by atoms with Gasteiger partial charge in [-0.15, -0.1) is 0 Å². The van der Waals surface area contributed by atoms with E-state index < -0.39 is 41.3 Å². The number of aliphatic hydroxyl groups is 1. The highest BCUT2D eigenvalue weighted by Gasteiger charge is 2.71. The maximum Gasteiger partial charge on any atom is 0.250 e. The quantitative estimate of drug-likeness (QED) is 0.588. The van der Waals surface area contributed by atoms with Gasteiger partial charge in [0.05, 0.1) is 24.5 Å². The van der Waals surface area contributed by atoms with Crippen molar-refractivity contribution in [2.45, 2.75) is 45.0 Å². The Balaban J connectivity index is 1.43. The summed E-state index contributed by atoms with van der Waals surface area (Å²) in [5, 5.41) is 16.7. The molecule has 0 saturated carbocycles. The molecule has 9 nitrogen and oxygen atoms in total. The van der Waals surface area contributed by atoms with Crippen molar-refractivity contribution in [1.29, 1.82) is 0 Å². The van der Waals surface area contributed by atoms with Crippen LogP contribution in [0.15, 0.2) is 30.3 Å².